The fraction of sp³-hybridized carbons (Fsp3) is 0.111. The lowest BCUT2D eigenvalue weighted by Crippen LogP contribution is -2.26. The van der Waals surface area contributed by atoms with Crippen LogP contribution in [-0.2, 0) is 6.42 Å². The Bertz CT molecular complexity index is 812. The van der Waals surface area contributed by atoms with Gasteiger partial charge in [0.05, 0.1) is 11.1 Å². The van der Waals surface area contributed by atoms with Gasteiger partial charge in [-0.3, -0.25) is 9.78 Å². The van der Waals surface area contributed by atoms with Crippen LogP contribution in [0.5, 0.6) is 0 Å². The van der Waals surface area contributed by atoms with E-state index >= 15 is 0 Å². The summed E-state index contributed by atoms with van der Waals surface area (Å²) in [5, 5.41) is 3.82. The highest BCUT2D eigenvalue weighted by Crippen LogP contribution is 2.16. The van der Waals surface area contributed by atoms with Gasteiger partial charge in [-0.15, -0.1) is 0 Å². The third kappa shape index (κ3) is 2.96. The van der Waals surface area contributed by atoms with Gasteiger partial charge >= 0.3 is 0 Å². The normalized spacial score (nSPS) is 10.6. The molecule has 3 rings (SSSR count). The molecule has 0 aliphatic heterocycles. The minimum absolute atomic E-state index is 0.0681. The Morgan fingerprint density at radius 2 is 1.86 bits per heavy atom. The number of fused-ring (bicyclic) bond motifs is 1. The van der Waals surface area contributed by atoms with Crippen LogP contribution in [0.15, 0.2) is 60.8 Å². The first-order valence-electron chi connectivity index (χ1n) is 7.11. The van der Waals surface area contributed by atoms with Crippen LogP contribution in [0.2, 0.25) is 0 Å². The summed E-state index contributed by atoms with van der Waals surface area (Å²) in [4.78, 5) is 16.3. The number of amides is 1. The van der Waals surface area contributed by atoms with Crippen LogP contribution in [0.3, 0.4) is 0 Å². The highest BCUT2D eigenvalue weighted by Gasteiger charge is 2.10. The van der Waals surface area contributed by atoms with E-state index in [2.05, 4.69) is 10.3 Å². The zero-order valence-electron chi connectivity index (χ0n) is 11.9. The Hall–Kier alpha value is -2.75. The van der Waals surface area contributed by atoms with Crippen molar-refractivity contribution in [3.63, 3.8) is 0 Å². The van der Waals surface area contributed by atoms with E-state index in [0.29, 0.717) is 13.0 Å². The first kappa shape index (κ1) is 14.2. The van der Waals surface area contributed by atoms with Crippen LogP contribution < -0.4 is 5.32 Å². The molecule has 0 saturated carbocycles. The van der Waals surface area contributed by atoms with Crippen molar-refractivity contribution < 1.29 is 9.18 Å². The molecule has 22 heavy (non-hydrogen) atoms. The van der Waals surface area contributed by atoms with Gasteiger partial charge in [0.15, 0.2) is 0 Å². The molecule has 0 bridgehead atoms. The first-order chi connectivity index (χ1) is 10.8. The van der Waals surface area contributed by atoms with Crippen LogP contribution in [-0.4, -0.2) is 17.4 Å². The fourth-order valence-corrected chi connectivity index (χ4v) is 2.42. The molecule has 0 aliphatic rings. The molecule has 1 amide bonds. The highest BCUT2D eigenvalue weighted by molar-refractivity contribution is 5.94. The fourth-order valence-electron chi connectivity index (χ4n) is 2.42. The van der Waals surface area contributed by atoms with Crippen molar-refractivity contribution in [1.82, 2.24) is 10.3 Å². The smallest absolute Gasteiger partial charge is 0.254 e. The second kappa shape index (κ2) is 6.35. The number of benzene rings is 2. The number of halogens is 1. The van der Waals surface area contributed by atoms with Crippen molar-refractivity contribution >= 4 is 16.8 Å². The summed E-state index contributed by atoms with van der Waals surface area (Å²) >= 11 is 0. The van der Waals surface area contributed by atoms with Crippen molar-refractivity contribution in [2.45, 2.75) is 6.42 Å². The highest BCUT2D eigenvalue weighted by atomic mass is 19.1. The summed E-state index contributed by atoms with van der Waals surface area (Å²) < 4.78 is 13.5. The van der Waals surface area contributed by atoms with Crippen molar-refractivity contribution in [2.24, 2.45) is 0 Å². The number of carbonyl (C=O) groups is 1. The predicted molar refractivity (Wildman–Crippen MR) is 84.2 cm³/mol. The van der Waals surface area contributed by atoms with Gasteiger partial charge in [-0.2, -0.15) is 0 Å². The molecule has 0 aliphatic carbocycles. The molecule has 0 atom stereocenters. The number of hydrogen-bond donors (Lipinski definition) is 1. The van der Waals surface area contributed by atoms with Gasteiger partial charge in [-0.25, -0.2) is 4.39 Å². The lowest BCUT2D eigenvalue weighted by atomic mass is 10.1. The summed E-state index contributed by atoms with van der Waals surface area (Å²) in [5.74, 6) is -0.905. The molecule has 2 aromatic carbocycles. The Labute approximate surface area is 127 Å². The molecule has 1 aromatic heterocycles. The van der Waals surface area contributed by atoms with E-state index in [1.54, 1.807) is 18.3 Å². The molecule has 1 heterocycles. The molecular formula is C18H15FN2O. The predicted octanol–water partition coefficient (Wildman–Crippen LogP) is 3.35. The van der Waals surface area contributed by atoms with E-state index in [-0.39, 0.29) is 5.56 Å². The molecule has 0 radical (unpaired) electrons. The van der Waals surface area contributed by atoms with Crippen molar-refractivity contribution in [3.05, 3.63) is 77.7 Å². The maximum absolute atomic E-state index is 13.5. The van der Waals surface area contributed by atoms with Crippen LogP contribution in [0.4, 0.5) is 4.39 Å². The van der Waals surface area contributed by atoms with Gasteiger partial charge < -0.3 is 5.32 Å². The molecule has 0 fully saturated rings. The quantitative estimate of drug-likeness (QED) is 0.802. The molecule has 4 heteroatoms. The van der Waals surface area contributed by atoms with Gasteiger partial charge in [0.2, 0.25) is 0 Å². The average Bonchev–Trinajstić information content (AvgIpc) is 2.55. The number of pyridine rings is 1. The summed E-state index contributed by atoms with van der Waals surface area (Å²) in [6.07, 6.45) is 2.40. The molecule has 0 spiro atoms. The molecule has 110 valence electrons. The molecule has 3 nitrogen and oxygen atoms in total. The average molecular weight is 294 g/mol. The minimum atomic E-state index is -0.508. The zero-order valence-corrected chi connectivity index (χ0v) is 11.9. The summed E-state index contributed by atoms with van der Waals surface area (Å²) in [6, 6.07) is 15.8. The first-order valence-corrected chi connectivity index (χ1v) is 7.11. The number of rotatable bonds is 4. The van der Waals surface area contributed by atoms with Crippen LogP contribution in [0, 0.1) is 5.82 Å². The number of aromatic nitrogens is 1. The lowest BCUT2D eigenvalue weighted by Gasteiger charge is -2.08. The van der Waals surface area contributed by atoms with E-state index in [0.717, 1.165) is 16.5 Å². The number of nitrogens with one attached hydrogen (secondary N) is 1. The largest absolute Gasteiger partial charge is 0.352 e. The van der Waals surface area contributed by atoms with Crippen molar-refractivity contribution in [2.75, 3.05) is 6.54 Å². The molecule has 3 aromatic rings. The topological polar surface area (TPSA) is 42.0 Å². The second-order valence-electron chi connectivity index (χ2n) is 4.98. The standard InChI is InChI=1S/C18H15FN2O/c19-16-9-2-1-8-15(16)18(22)21-12-10-14-6-3-5-13-7-4-11-20-17(13)14/h1-9,11H,10,12H2,(H,21,22). The van der Waals surface area contributed by atoms with Crippen LogP contribution in [0.25, 0.3) is 10.9 Å². The van der Waals surface area contributed by atoms with Gasteiger partial charge in [0, 0.05) is 18.1 Å². The molecule has 1 N–H and O–H groups in total. The lowest BCUT2D eigenvalue weighted by molar-refractivity contribution is 0.0950. The zero-order chi connectivity index (χ0) is 15.4. The van der Waals surface area contributed by atoms with Crippen molar-refractivity contribution in [3.8, 4) is 0 Å². The van der Waals surface area contributed by atoms with E-state index in [4.69, 9.17) is 0 Å². The minimum Gasteiger partial charge on any atom is -0.352 e. The van der Waals surface area contributed by atoms with Gasteiger partial charge in [0.1, 0.15) is 5.82 Å². The maximum Gasteiger partial charge on any atom is 0.254 e. The second-order valence-corrected chi connectivity index (χ2v) is 4.98. The molecule has 0 unspecified atom stereocenters. The SMILES string of the molecule is O=C(NCCc1cccc2cccnc12)c1ccccc1F. The van der Waals surface area contributed by atoms with Gasteiger partial charge in [-0.1, -0.05) is 36.4 Å². The van der Waals surface area contributed by atoms with E-state index in [9.17, 15) is 9.18 Å². The third-order valence-corrected chi connectivity index (χ3v) is 3.51. The Balaban J connectivity index is 1.68. The van der Waals surface area contributed by atoms with E-state index in [1.807, 2.05) is 30.3 Å². The van der Waals surface area contributed by atoms with E-state index in [1.165, 1.54) is 12.1 Å². The van der Waals surface area contributed by atoms with E-state index < -0.39 is 11.7 Å². The summed E-state index contributed by atoms with van der Waals surface area (Å²) in [6.45, 7) is 0.433. The molecule has 0 saturated heterocycles. The Morgan fingerprint density at radius 1 is 1.05 bits per heavy atom. The monoisotopic (exact) mass is 294 g/mol. The Morgan fingerprint density at radius 3 is 2.73 bits per heavy atom. The van der Waals surface area contributed by atoms with Gasteiger partial charge in [0.25, 0.3) is 5.91 Å². The number of para-hydroxylation sites is 1. The number of hydrogen-bond acceptors (Lipinski definition) is 2. The number of carbonyl (C=O) groups excluding carboxylic acids is 1. The maximum atomic E-state index is 13.5. The summed E-state index contributed by atoms with van der Waals surface area (Å²) in [7, 11) is 0. The van der Waals surface area contributed by atoms with Gasteiger partial charge in [-0.05, 0) is 30.2 Å². The van der Waals surface area contributed by atoms with Crippen LogP contribution in [0.1, 0.15) is 15.9 Å². The molecular weight excluding hydrogens is 279 g/mol. The third-order valence-electron chi connectivity index (χ3n) is 3.51. The van der Waals surface area contributed by atoms with Crippen LogP contribution >= 0.6 is 0 Å². The number of nitrogens with zero attached hydrogens (tertiary/aromatic N) is 1. The van der Waals surface area contributed by atoms with Crippen molar-refractivity contribution in [1.29, 1.82) is 0 Å². The Kier molecular flexibility index (Phi) is 4.10. The summed E-state index contributed by atoms with van der Waals surface area (Å²) in [5.41, 5.74) is 2.07.